The van der Waals surface area contributed by atoms with E-state index in [1.54, 1.807) is 4.68 Å². The van der Waals surface area contributed by atoms with E-state index in [2.05, 4.69) is 53.5 Å². The number of hydrogen-bond donors (Lipinski definition) is 1. The summed E-state index contributed by atoms with van der Waals surface area (Å²) < 4.78 is 13.5. The average molecular weight is 457 g/mol. The Hall–Kier alpha value is -3.61. The second-order valence-electron chi connectivity index (χ2n) is 9.55. The lowest BCUT2D eigenvalue weighted by Gasteiger charge is -2.35. The van der Waals surface area contributed by atoms with Gasteiger partial charge < -0.3 is 14.8 Å². The molecule has 0 spiro atoms. The maximum absolute atomic E-state index is 13.6. The first kappa shape index (κ1) is 21.0. The molecule has 2 atom stereocenters. The van der Waals surface area contributed by atoms with Crippen molar-refractivity contribution in [3.05, 3.63) is 76.8 Å². The summed E-state index contributed by atoms with van der Waals surface area (Å²) in [6.45, 7) is 5.64. The summed E-state index contributed by atoms with van der Waals surface area (Å²) in [6, 6.07) is 14.3. The van der Waals surface area contributed by atoms with Gasteiger partial charge in [-0.2, -0.15) is 10.1 Å². The van der Waals surface area contributed by atoms with Gasteiger partial charge in [-0.1, -0.05) is 44.2 Å². The number of Topliss-reactive ketones (excluding diaryl/α,β-unsaturated/α-hetero) is 1. The summed E-state index contributed by atoms with van der Waals surface area (Å²) in [7, 11) is 0. The fraction of sp³-hybridized carbons (Fsp3) is 0.370. The molecule has 0 bridgehead atoms. The van der Waals surface area contributed by atoms with Gasteiger partial charge in [0.05, 0.1) is 13.2 Å². The van der Waals surface area contributed by atoms with E-state index < -0.39 is 0 Å². The van der Waals surface area contributed by atoms with E-state index in [4.69, 9.17) is 9.47 Å². The number of carbonyl (C=O) groups excluding carboxylic acids is 1. The smallest absolute Gasteiger partial charge is 0.226 e. The molecule has 0 saturated carbocycles. The van der Waals surface area contributed by atoms with Crippen LogP contribution in [0.25, 0.3) is 0 Å². The molecule has 0 saturated heterocycles. The molecule has 1 aliphatic carbocycles. The average Bonchev–Trinajstić information content (AvgIpc) is 3.18. The number of anilines is 1. The number of nitrogens with one attached hydrogen (secondary N) is 1. The number of fused-ring (bicyclic) bond motifs is 2. The van der Waals surface area contributed by atoms with Crippen molar-refractivity contribution in [2.24, 2.45) is 0 Å². The lowest BCUT2D eigenvalue weighted by Crippen LogP contribution is -2.33. The van der Waals surface area contributed by atoms with Crippen LogP contribution >= 0.6 is 0 Å². The number of aromatic nitrogens is 3. The number of ketones is 1. The molecular formula is C27H28N4O3. The fourth-order valence-corrected chi connectivity index (χ4v) is 5.20. The van der Waals surface area contributed by atoms with Gasteiger partial charge in [0.25, 0.3) is 0 Å². The Labute approximate surface area is 198 Å². The van der Waals surface area contributed by atoms with Crippen molar-refractivity contribution in [3.8, 4) is 11.5 Å². The molecule has 3 aliphatic rings. The number of carbonyl (C=O) groups is 1. The summed E-state index contributed by atoms with van der Waals surface area (Å²) in [6.07, 6.45) is 3.62. The summed E-state index contributed by atoms with van der Waals surface area (Å²) >= 11 is 0. The van der Waals surface area contributed by atoms with E-state index in [-0.39, 0.29) is 17.7 Å². The summed E-state index contributed by atoms with van der Waals surface area (Å²) in [5, 5.41) is 7.86. The van der Waals surface area contributed by atoms with Crippen molar-refractivity contribution >= 4 is 11.7 Å². The summed E-state index contributed by atoms with van der Waals surface area (Å²) in [4.78, 5) is 18.1. The van der Waals surface area contributed by atoms with E-state index in [0.29, 0.717) is 37.3 Å². The van der Waals surface area contributed by atoms with Gasteiger partial charge in [-0.05, 0) is 47.1 Å². The minimum atomic E-state index is -0.345. The minimum Gasteiger partial charge on any atom is -0.490 e. The lowest BCUT2D eigenvalue weighted by atomic mass is 9.77. The highest BCUT2D eigenvalue weighted by Gasteiger charge is 2.39. The molecule has 0 amide bonds. The van der Waals surface area contributed by atoms with Crippen LogP contribution in [0, 0.1) is 0 Å². The number of allylic oxidation sites excluding steroid dienone is 2. The molecule has 2 aromatic carbocycles. The maximum Gasteiger partial charge on any atom is 0.226 e. The van der Waals surface area contributed by atoms with Crippen molar-refractivity contribution in [1.82, 2.24) is 14.8 Å². The van der Waals surface area contributed by atoms with Crippen LogP contribution in [-0.2, 0) is 4.79 Å². The zero-order valence-electron chi connectivity index (χ0n) is 19.5. The van der Waals surface area contributed by atoms with Crippen molar-refractivity contribution < 1.29 is 14.3 Å². The van der Waals surface area contributed by atoms with E-state index in [0.717, 1.165) is 35.4 Å². The van der Waals surface area contributed by atoms with Gasteiger partial charge in [-0.15, -0.1) is 0 Å². The zero-order valence-corrected chi connectivity index (χ0v) is 19.5. The van der Waals surface area contributed by atoms with E-state index in [9.17, 15) is 4.79 Å². The van der Waals surface area contributed by atoms with Crippen molar-refractivity contribution in [2.45, 2.75) is 51.0 Å². The van der Waals surface area contributed by atoms with Crippen LogP contribution in [0.2, 0.25) is 0 Å². The molecule has 2 aliphatic heterocycles. The maximum atomic E-state index is 13.6. The van der Waals surface area contributed by atoms with Crippen LogP contribution in [-0.4, -0.2) is 33.8 Å². The Kier molecular flexibility index (Phi) is 5.12. The molecule has 2 unspecified atom stereocenters. The second-order valence-corrected chi connectivity index (χ2v) is 9.55. The van der Waals surface area contributed by atoms with Crippen LogP contribution in [0.3, 0.4) is 0 Å². The quantitative estimate of drug-likeness (QED) is 0.599. The fourth-order valence-electron chi connectivity index (χ4n) is 5.20. The Balaban J connectivity index is 1.38. The Bertz CT molecular complexity index is 1280. The number of benzene rings is 2. The Morgan fingerprint density at radius 3 is 2.56 bits per heavy atom. The lowest BCUT2D eigenvalue weighted by molar-refractivity contribution is -0.116. The number of hydrogen-bond acceptors (Lipinski definition) is 6. The molecule has 0 radical (unpaired) electrons. The third-order valence-electron chi connectivity index (χ3n) is 7.02. The summed E-state index contributed by atoms with van der Waals surface area (Å²) in [5.74, 6) is 2.87. The van der Waals surface area contributed by atoms with Crippen LogP contribution in [0.4, 0.5) is 5.95 Å². The number of rotatable bonds is 3. The molecule has 7 nitrogen and oxygen atoms in total. The summed E-state index contributed by atoms with van der Waals surface area (Å²) in [5.41, 5.74) is 5.15. The Morgan fingerprint density at radius 2 is 1.76 bits per heavy atom. The standard InChI is InChI=1S/C27H28N4O3/c1-16(2)17-4-6-18(7-5-17)20-12-21-25(22(32)13-20)26(31-27(30-21)28-15-29-31)19-8-9-23-24(14-19)34-11-3-10-33-23/h4-9,14-16,20,26H,3,10-13H2,1-2H3,(H,28,29,30). The van der Waals surface area contributed by atoms with Crippen LogP contribution < -0.4 is 14.8 Å². The second kappa shape index (κ2) is 8.31. The minimum absolute atomic E-state index is 0.138. The Morgan fingerprint density at radius 1 is 1.00 bits per heavy atom. The van der Waals surface area contributed by atoms with Crippen molar-refractivity contribution in [1.29, 1.82) is 0 Å². The third-order valence-corrected chi connectivity index (χ3v) is 7.02. The molecule has 3 heterocycles. The first-order chi connectivity index (χ1) is 16.6. The molecule has 174 valence electrons. The van der Waals surface area contributed by atoms with Gasteiger partial charge in [-0.3, -0.25) is 4.79 Å². The van der Waals surface area contributed by atoms with E-state index >= 15 is 0 Å². The highest BCUT2D eigenvalue weighted by molar-refractivity contribution is 6.00. The molecule has 1 N–H and O–H groups in total. The first-order valence-corrected chi connectivity index (χ1v) is 12.0. The van der Waals surface area contributed by atoms with E-state index in [1.165, 1.54) is 17.5 Å². The highest BCUT2D eigenvalue weighted by atomic mass is 16.5. The highest BCUT2D eigenvalue weighted by Crippen LogP contribution is 2.45. The molecule has 3 aromatic rings. The molecule has 1 aromatic heterocycles. The van der Waals surface area contributed by atoms with Gasteiger partial charge in [-0.25, -0.2) is 4.68 Å². The van der Waals surface area contributed by atoms with Gasteiger partial charge in [0, 0.05) is 24.1 Å². The van der Waals surface area contributed by atoms with Gasteiger partial charge in [0.1, 0.15) is 12.4 Å². The first-order valence-electron chi connectivity index (χ1n) is 12.0. The van der Waals surface area contributed by atoms with Crippen LogP contribution in [0.5, 0.6) is 11.5 Å². The number of nitrogens with zero attached hydrogens (tertiary/aromatic N) is 3. The normalized spacial score (nSPS) is 21.6. The molecule has 34 heavy (non-hydrogen) atoms. The van der Waals surface area contributed by atoms with Gasteiger partial charge in [0.15, 0.2) is 17.3 Å². The topological polar surface area (TPSA) is 78.3 Å². The zero-order chi connectivity index (χ0) is 23.2. The van der Waals surface area contributed by atoms with E-state index in [1.807, 2.05) is 18.2 Å². The van der Waals surface area contributed by atoms with Gasteiger partial charge >= 0.3 is 0 Å². The molecule has 0 fully saturated rings. The predicted octanol–water partition coefficient (Wildman–Crippen LogP) is 4.98. The number of ether oxygens (including phenoxy) is 2. The van der Waals surface area contributed by atoms with Crippen LogP contribution in [0.1, 0.15) is 67.7 Å². The van der Waals surface area contributed by atoms with Gasteiger partial charge in [0.2, 0.25) is 5.95 Å². The van der Waals surface area contributed by atoms with Crippen molar-refractivity contribution in [2.75, 3.05) is 18.5 Å². The predicted molar refractivity (Wildman–Crippen MR) is 128 cm³/mol. The third kappa shape index (κ3) is 3.56. The molecular weight excluding hydrogens is 428 g/mol. The molecule has 7 heteroatoms. The monoisotopic (exact) mass is 456 g/mol. The SMILES string of the molecule is CC(C)c1ccc(C2CC(=O)C3=C(C2)Nc2ncnn2C3c2ccc3c(c2)OCCCO3)cc1. The van der Waals surface area contributed by atoms with Crippen molar-refractivity contribution in [3.63, 3.8) is 0 Å². The molecule has 6 rings (SSSR count). The van der Waals surface area contributed by atoms with Crippen LogP contribution in [0.15, 0.2) is 60.1 Å². The largest absolute Gasteiger partial charge is 0.490 e.